The van der Waals surface area contributed by atoms with Crippen LogP contribution in [0.4, 0.5) is 0 Å². The van der Waals surface area contributed by atoms with E-state index in [1.54, 1.807) is 0 Å². The monoisotopic (exact) mass is 299 g/mol. The molecule has 0 aromatic heterocycles. The van der Waals surface area contributed by atoms with Crippen molar-refractivity contribution in [2.75, 3.05) is 6.54 Å². The summed E-state index contributed by atoms with van der Waals surface area (Å²) in [6.45, 7) is 6.86. The number of hydrogen-bond donors (Lipinski definition) is 2. The minimum Gasteiger partial charge on any atom is -0.392 e. The second-order valence-electron chi connectivity index (χ2n) is 4.74. The summed E-state index contributed by atoms with van der Waals surface area (Å²) in [6.07, 6.45) is 0.734. The lowest BCUT2D eigenvalue weighted by Gasteiger charge is -2.21. The fourth-order valence-corrected chi connectivity index (χ4v) is 2.14. The first-order valence-corrected chi connectivity index (χ1v) is 7.00. The van der Waals surface area contributed by atoms with Crippen LogP contribution in [0.25, 0.3) is 0 Å². The van der Waals surface area contributed by atoms with Crippen LogP contribution in [0.5, 0.6) is 0 Å². The Bertz CT molecular complexity index is 341. The molecule has 0 aliphatic heterocycles. The third-order valence-electron chi connectivity index (χ3n) is 3.00. The van der Waals surface area contributed by atoms with Crippen LogP contribution in [0.1, 0.15) is 38.8 Å². The highest BCUT2D eigenvalue weighted by Gasteiger charge is 2.13. The van der Waals surface area contributed by atoms with E-state index in [4.69, 9.17) is 0 Å². The molecule has 0 bridgehead atoms. The maximum Gasteiger partial charge on any atom is 0.0687 e. The molecular weight excluding hydrogens is 278 g/mol. The zero-order chi connectivity index (χ0) is 12.8. The van der Waals surface area contributed by atoms with Gasteiger partial charge in [0.1, 0.15) is 0 Å². The fourth-order valence-electron chi connectivity index (χ4n) is 1.72. The summed E-state index contributed by atoms with van der Waals surface area (Å²) in [6, 6.07) is 8.62. The van der Waals surface area contributed by atoms with Gasteiger partial charge in [-0.2, -0.15) is 0 Å². The van der Waals surface area contributed by atoms with Crippen molar-refractivity contribution in [1.29, 1.82) is 0 Å². The Kier molecular flexibility index (Phi) is 6.17. The van der Waals surface area contributed by atoms with Crippen LogP contribution < -0.4 is 5.32 Å². The average Bonchev–Trinajstić information content (AvgIpc) is 2.29. The maximum absolute atomic E-state index is 9.80. The molecular formula is C14H22BrNO. The molecule has 0 radical (unpaired) electrons. The Labute approximate surface area is 113 Å². The van der Waals surface area contributed by atoms with Crippen LogP contribution in [0, 0.1) is 5.92 Å². The number of aliphatic hydroxyl groups is 1. The normalized spacial score (nSPS) is 14.9. The number of benzene rings is 1. The van der Waals surface area contributed by atoms with Crippen molar-refractivity contribution in [3.05, 3.63) is 34.3 Å². The number of rotatable bonds is 6. The Morgan fingerprint density at radius 3 is 2.59 bits per heavy atom. The SMILES string of the molecule is CCC(NCC(O)C(C)C)c1cccc(Br)c1. The van der Waals surface area contributed by atoms with Crippen LogP contribution in [-0.4, -0.2) is 17.8 Å². The van der Waals surface area contributed by atoms with Crippen LogP contribution >= 0.6 is 15.9 Å². The summed E-state index contributed by atoms with van der Waals surface area (Å²) in [7, 11) is 0. The van der Waals surface area contributed by atoms with E-state index in [0.717, 1.165) is 10.9 Å². The molecule has 1 rings (SSSR count). The number of aliphatic hydroxyl groups excluding tert-OH is 1. The number of nitrogens with one attached hydrogen (secondary N) is 1. The van der Waals surface area contributed by atoms with Gasteiger partial charge in [-0.15, -0.1) is 0 Å². The lowest BCUT2D eigenvalue weighted by atomic mass is 10.0. The molecule has 0 fully saturated rings. The Balaban J connectivity index is 2.60. The van der Waals surface area contributed by atoms with Gasteiger partial charge in [0, 0.05) is 17.1 Å². The molecule has 0 aliphatic rings. The topological polar surface area (TPSA) is 32.3 Å². The van der Waals surface area contributed by atoms with Crippen LogP contribution in [0.2, 0.25) is 0 Å². The molecule has 2 N–H and O–H groups in total. The van der Waals surface area contributed by atoms with Gasteiger partial charge in [-0.25, -0.2) is 0 Å². The van der Waals surface area contributed by atoms with Gasteiger partial charge >= 0.3 is 0 Å². The number of hydrogen-bond acceptors (Lipinski definition) is 2. The molecule has 0 saturated carbocycles. The second-order valence-corrected chi connectivity index (χ2v) is 5.65. The molecule has 0 saturated heterocycles. The highest BCUT2D eigenvalue weighted by molar-refractivity contribution is 9.10. The van der Waals surface area contributed by atoms with Gasteiger partial charge in [-0.3, -0.25) is 0 Å². The minimum absolute atomic E-state index is 0.281. The van der Waals surface area contributed by atoms with Crippen molar-refractivity contribution >= 4 is 15.9 Å². The van der Waals surface area contributed by atoms with E-state index >= 15 is 0 Å². The molecule has 1 aromatic carbocycles. The largest absolute Gasteiger partial charge is 0.392 e. The van der Waals surface area contributed by atoms with Gasteiger partial charge in [-0.05, 0) is 30.0 Å². The molecule has 17 heavy (non-hydrogen) atoms. The molecule has 2 atom stereocenters. The summed E-state index contributed by atoms with van der Waals surface area (Å²) in [5.74, 6) is 0.294. The van der Waals surface area contributed by atoms with E-state index in [1.807, 2.05) is 26.0 Å². The molecule has 96 valence electrons. The summed E-state index contributed by atoms with van der Waals surface area (Å²) in [4.78, 5) is 0. The van der Waals surface area contributed by atoms with Crippen molar-refractivity contribution in [1.82, 2.24) is 5.32 Å². The molecule has 0 spiro atoms. The fraction of sp³-hybridized carbons (Fsp3) is 0.571. The van der Waals surface area contributed by atoms with E-state index in [2.05, 4.69) is 40.3 Å². The standard InChI is InChI=1S/C14H22BrNO/c1-4-13(16-9-14(17)10(2)3)11-6-5-7-12(15)8-11/h5-8,10,13-14,16-17H,4,9H2,1-3H3. The lowest BCUT2D eigenvalue weighted by molar-refractivity contribution is 0.120. The Morgan fingerprint density at radius 2 is 2.06 bits per heavy atom. The first-order chi connectivity index (χ1) is 8.04. The van der Waals surface area contributed by atoms with Crippen molar-refractivity contribution in [2.45, 2.75) is 39.3 Å². The second kappa shape index (κ2) is 7.14. The quantitative estimate of drug-likeness (QED) is 0.842. The van der Waals surface area contributed by atoms with Crippen molar-refractivity contribution in [3.63, 3.8) is 0 Å². The molecule has 2 nitrogen and oxygen atoms in total. The third-order valence-corrected chi connectivity index (χ3v) is 3.50. The maximum atomic E-state index is 9.80. The summed E-state index contributed by atoms with van der Waals surface area (Å²) in [5.41, 5.74) is 1.26. The van der Waals surface area contributed by atoms with E-state index in [0.29, 0.717) is 18.5 Å². The first kappa shape index (κ1) is 14.7. The number of halogens is 1. The van der Waals surface area contributed by atoms with Gasteiger partial charge in [0.25, 0.3) is 0 Å². The smallest absolute Gasteiger partial charge is 0.0687 e. The Morgan fingerprint density at radius 1 is 1.35 bits per heavy atom. The average molecular weight is 300 g/mol. The van der Waals surface area contributed by atoms with Crippen molar-refractivity contribution in [3.8, 4) is 0 Å². The molecule has 2 unspecified atom stereocenters. The van der Waals surface area contributed by atoms with Gasteiger partial charge in [0.05, 0.1) is 6.10 Å². The molecule has 0 aliphatic carbocycles. The van der Waals surface area contributed by atoms with E-state index in [9.17, 15) is 5.11 Å². The zero-order valence-corrected chi connectivity index (χ0v) is 12.4. The highest BCUT2D eigenvalue weighted by Crippen LogP contribution is 2.20. The molecule has 3 heteroatoms. The zero-order valence-electron chi connectivity index (χ0n) is 10.8. The first-order valence-electron chi connectivity index (χ1n) is 6.21. The van der Waals surface area contributed by atoms with Gasteiger partial charge in [0.15, 0.2) is 0 Å². The summed E-state index contributed by atoms with van der Waals surface area (Å²) in [5, 5.41) is 13.2. The summed E-state index contributed by atoms with van der Waals surface area (Å²) >= 11 is 3.49. The van der Waals surface area contributed by atoms with E-state index < -0.39 is 0 Å². The highest BCUT2D eigenvalue weighted by atomic mass is 79.9. The lowest BCUT2D eigenvalue weighted by Crippen LogP contribution is -2.33. The molecule has 1 aromatic rings. The molecule has 0 heterocycles. The van der Waals surface area contributed by atoms with Crippen LogP contribution in [0.15, 0.2) is 28.7 Å². The Hall–Kier alpha value is -0.380. The molecule has 0 amide bonds. The van der Waals surface area contributed by atoms with Crippen molar-refractivity contribution in [2.24, 2.45) is 5.92 Å². The van der Waals surface area contributed by atoms with Crippen molar-refractivity contribution < 1.29 is 5.11 Å². The predicted molar refractivity (Wildman–Crippen MR) is 76.0 cm³/mol. The van der Waals surface area contributed by atoms with E-state index in [1.165, 1.54) is 5.56 Å². The third kappa shape index (κ3) is 4.78. The van der Waals surface area contributed by atoms with Gasteiger partial charge in [-0.1, -0.05) is 48.8 Å². The van der Waals surface area contributed by atoms with Gasteiger partial charge < -0.3 is 10.4 Å². The van der Waals surface area contributed by atoms with Gasteiger partial charge in [0.2, 0.25) is 0 Å². The predicted octanol–water partition coefficient (Wildman–Crippen LogP) is 3.51. The summed E-state index contributed by atoms with van der Waals surface area (Å²) < 4.78 is 1.10. The minimum atomic E-state index is -0.281. The van der Waals surface area contributed by atoms with E-state index in [-0.39, 0.29) is 6.10 Å². The van der Waals surface area contributed by atoms with Crippen LogP contribution in [-0.2, 0) is 0 Å². The van der Waals surface area contributed by atoms with Crippen LogP contribution in [0.3, 0.4) is 0 Å².